The van der Waals surface area contributed by atoms with E-state index in [1.807, 2.05) is 68.8 Å². The number of nitrogens with one attached hydrogen (secondary N) is 1. The molecule has 4 rings (SSSR count). The highest BCUT2D eigenvalue weighted by molar-refractivity contribution is 6.08. The molecule has 35 heavy (non-hydrogen) atoms. The number of carbonyl (C=O) groups is 2. The summed E-state index contributed by atoms with van der Waals surface area (Å²) in [6, 6.07) is 14.8. The lowest BCUT2D eigenvalue weighted by molar-refractivity contribution is 0.0968. The van der Waals surface area contributed by atoms with Gasteiger partial charge in [-0.15, -0.1) is 0 Å². The van der Waals surface area contributed by atoms with Gasteiger partial charge in [-0.2, -0.15) is 0 Å². The van der Waals surface area contributed by atoms with E-state index in [1.54, 1.807) is 24.5 Å². The van der Waals surface area contributed by atoms with Gasteiger partial charge >= 0.3 is 0 Å². The van der Waals surface area contributed by atoms with E-state index in [2.05, 4.69) is 10.3 Å². The fourth-order valence-corrected chi connectivity index (χ4v) is 4.11. The first-order valence-corrected chi connectivity index (χ1v) is 11.9. The van der Waals surface area contributed by atoms with Crippen LogP contribution in [-0.4, -0.2) is 32.3 Å². The molecule has 0 unspecified atom stereocenters. The Morgan fingerprint density at radius 2 is 1.80 bits per heavy atom. The second-order valence-electron chi connectivity index (χ2n) is 8.71. The van der Waals surface area contributed by atoms with Gasteiger partial charge in [-0.05, 0) is 62.6 Å². The van der Waals surface area contributed by atoms with E-state index >= 15 is 0 Å². The minimum atomic E-state index is -0.211. The number of aryl methyl sites for hydroxylation is 3. The van der Waals surface area contributed by atoms with Crippen LogP contribution in [0.1, 0.15) is 59.3 Å². The molecular weight excluding hydrogens is 440 g/mol. The molecule has 0 aliphatic rings. The van der Waals surface area contributed by atoms with Crippen molar-refractivity contribution in [2.24, 2.45) is 7.05 Å². The number of fused-ring (bicyclic) bond motifs is 1. The number of carbonyl (C=O) groups excluding carboxylic acids is 2. The van der Waals surface area contributed by atoms with Gasteiger partial charge in [0.15, 0.2) is 11.5 Å². The standard InChI is InChI=1S/C28H30N4O3/c1-5-22-23(31-28(34)20-9-7-6-8-10-20)17-21-26(35-18(2)3)25(32(4)27(21)30-22)24(33)12-11-19-13-15-29-16-14-19/h6-10,13-18H,5,11-12H2,1-4H3,(H,31,34). The van der Waals surface area contributed by atoms with Crippen LogP contribution >= 0.6 is 0 Å². The second-order valence-corrected chi connectivity index (χ2v) is 8.71. The van der Waals surface area contributed by atoms with Gasteiger partial charge in [-0.3, -0.25) is 14.6 Å². The summed E-state index contributed by atoms with van der Waals surface area (Å²) < 4.78 is 7.98. The third kappa shape index (κ3) is 5.24. The van der Waals surface area contributed by atoms with Crippen molar-refractivity contribution >= 4 is 28.4 Å². The average molecular weight is 471 g/mol. The molecule has 7 nitrogen and oxygen atoms in total. The molecule has 7 heteroatoms. The van der Waals surface area contributed by atoms with E-state index in [-0.39, 0.29) is 17.8 Å². The number of anilines is 1. The van der Waals surface area contributed by atoms with Crippen molar-refractivity contribution in [3.63, 3.8) is 0 Å². The van der Waals surface area contributed by atoms with Crippen molar-refractivity contribution < 1.29 is 14.3 Å². The number of hydrogen-bond donors (Lipinski definition) is 1. The molecule has 180 valence electrons. The summed E-state index contributed by atoms with van der Waals surface area (Å²) in [7, 11) is 1.84. The SMILES string of the molecule is CCc1nc2c(cc1NC(=O)c1ccccc1)c(OC(C)C)c(C(=O)CCc1ccncc1)n2C. The van der Waals surface area contributed by atoms with Crippen molar-refractivity contribution in [2.75, 3.05) is 5.32 Å². The number of Topliss-reactive ketones (excluding diaryl/α,β-unsaturated/α-hetero) is 1. The lowest BCUT2D eigenvalue weighted by atomic mass is 10.1. The third-order valence-electron chi connectivity index (χ3n) is 5.82. The number of amides is 1. The van der Waals surface area contributed by atoms with E-state index in [0.717, 1.165) is 11.3 Å². The van der Waals surface area contributed by atoms with E-state index < -0.39 is 0 Å². The Hall–Kier alpha value is -4.00. The van der Waals surface area contributed by atoms with E-state index in [1.165, 1.54) is 0 Å². The molecule has 1 N–H and O–H groups in total. The predicted molar refractivity (Wildman–Crippen MR) is 137 cm³/mol. The highest BCUT2D eigenvalue weighted by Crippen LogP contribution is 2.36. The minimum absolute atomic E-state index is 0.0223. The molecular formula is C28H30N4O3. The maximum absolute atomic E-state index is 13.4. The Morgan fingerprint density at radius 3 is 2.46 bits per heavy atom. The number of hydrogen-bond acceptors (Lipinski definition) is 5. The number of aromatic nitrogens is 3. The van der Waals surface area contributed by atoms with Crippen LogP contribution < -0.4 is 10.1 Å². The van der Waals surface area contributed by atoms with Gasteiger partial charge in [0.2, 0.25) is 0 Å². The van der Waals surface area contributed by atoms with Crippen molar-refractivity contribution in [2.45, 2.75) is 46.1 Å². The van der Waals surface area contributed by atoms with Gasteiger partial charge in [0.05, 0.1) is 22.9 Å². The van der Waals surface area contributed by atoms with Crippen LogP contribution in [0.2, 0.25) is 0 Å². The summed E-state index contributed by atoms with van der Waals surface area (Å²) in [4.78, 5) is 35.1. The Labute approximate surface area is 205 Å². The quantitative estimate of drug-likeness (QED) is 0.332. The summed E-state index contributed by atoms with van der Waals surface area (Å²) in [5, 5.41) is 3.70. The maximum atomic E-state index is 13.4. The van der Waals surface area contributed by atoms with E-state index in [9.17, 15) is 9.59 Å². The third-order valence-corrected chi connectivity index (χ3v) is 5.82. The molecule has 4 aromatic rings. The van der Waals surface area contributed by atoms with Gasteiger partial charge in [0.25, 0.3) is 5.91 Å². The smallest absolute Gasteiger partial charge is 0.255 e. The Bertz CT molecular complexity index is 1350. The Balaban J connectivity index is 1.75. The molecule has 0 fully saturated rings. The van der Waals surface area contributed by atoms with Crippen LogP contribution in [0.4, 0.5) is 5.69 Å². The molecule has 0 spiro atoms. The van der Waals surface area contributed by atoms with Crippen molar-refractivity contribution in [3.05, 3.63) is 83.4 Å². The first kappa shape index (κ1) is 24.1. The molecule has 0 aliphatic heterocycles. The zero-order chi connectivity index (χ0) is 24.9. The van der Waals surface area contributed by atoms with Crippen LogP contribution in [-0.2, 0) is 19.9 Å². The van der Waals surface area contributed by atoms with Crippen LogP contribution in [0, 0.1) is 0 Å². The largest absolute Gasteiger partial charge is 0.488 e. The van der Waals surface area contributed by atoms with Gasteiger partial charge in [-0.1, -0.05) is 25.1 Å². The molecule has 1 aromatic carbocycles. The Morgan fingerprint density at radius 1 is 1.09 bits per heavy atom. The molecule has 1 amide bonds. The lowest BCUT2D eigenvalue weighted by Crippen LogP contribution is -2.14. The number of nitrogens with zero attached hydrogens (tertiary/aromatic N) is 3. The van der Waals surface area contributed by atoms with E-state index in [4.69, 9.17) is 9.72 Å². The first-order valence-electron chi connectivity index (χ1n) is 11.9. The topological polar surface area (TPSA) is 86.1 Å². The Kier molecular flexibility index (Phi) is 7.25. The highest BCUT2D eigenvalue weighted by Gasteiger charge is 2.25. The van der Waals surface area contributed by atoms with Gasteiger partial charge in [0, 0.05) is 31.4 Å². The molecule has 0 aliphatic carbocycles. The number of ether oxygens (including phenoxy) is 1. The normalized spacial score (nSPS) is 11.1. The van der Waals surface area contributed by atoms with Crippen LogP contribution in [0.3, 0.4) is 0 Å². The lowest BCUT2D eigenvalue weighted by Gasteiger charge is -2.13. The number of benzene rings is 1. The fraction of sp³-hybridized carbons (Fsp3) is 0.286. The van der Waals surface area contributed by atoms with Crippen LogP contribution in [0.15, 0.2) is 60.9 Å². The molecule has 0 radical (unpaired) electrons. The number of rotatable bonds is 9. The van der Waals surface area contributed by atoms with Crippen molar-refractivity contribution in [1.82, 2.24) is 14.5 Å². The van der Waals surface area contributed by atoms with Crippen LogP contribution in [0.25, 0.3) is 11.0 Å². The number of ketones is 1. The molecule has 0 saturated carbocycles. The summed E-state index contributed by atoms with van der Waals surface area (Å²) >= 11 is 0. The van der Waals surface area contributed by atoms with Gasteiger partial charge < -0.3 is 14.6 Å². The molecule has 0 bridgehead atoms. The summed E-state index contributed by atoms with van der Waals surface area (Å²) in [6.07, 6.45) is 4.88. The minimum Gasteiger partial charge on any atom is -0.488 e. The fourth-order valence-electron chi connectivity index (χ4n) is 4.11. The highest BCUT2D eigenvalue weighted by atomic mass is 16.5. The molecule has 3 aromatic heterocycles. The molecule has 0 atom stereocenters. The zero-order valence-corrected chi connectivity index (χ0v) is 20.5. The summed E-state index contributed by atoms with van der Waals surface area (Å²) in [5.74, 6) is 0.269. The molecule has 3 heterocycles. The average Bonchev–Trinajstić information content (AvgIpc) is 3.13. The number of pyridine rings is 2. The van der Waals surface area contributed by atoms with E-state index in [0.29, 0.717) is 53.0 Å². The van der Waals surface area contributed by atoms with Crippen molar-refractivity contribution in [3.8, 4) is 5.75 Å². The second kappa shape index (κ2) is 10.5. The predicted octanol–water partition coefficient (Wildman–Crippen LogP) is 5.39. The maximum Gasteiger partial charge on any atom is 0.255 e. The zero-order valence-electron chi connectivity index (χ0n) is 20.5. The summed E-state index contributed by atoms with van der Waals surface area (Å²) in [5.41, 5.74) is 4.12. The first-order chi connectivity index (χ1) is 16.9. The van der Waals surface area contributed by atoms with Crippen LogP contribution in [0.5, 0.6) is 5.75 Å². The van der Waals surface area contributed by atoms with Gasteiger partial charge in [-0.25, -0.2) is 4.98 Å². The van der Waals surface area contributed by atoms with Gasteiger partial charge in [0.1, 0.15) is 11.3 Å². The summed E-state index contributed by atoms with van der Waals surface area (Å²) in [6.45, 7) is 5.84. The van der Waals surface area contributed by atoms with Crippen molar-refractivity contribution in [1.29, 1.82) is 0 Å². The molecule has 0 saturated heterocycles. The monoisotopic (exact) mass is 470 g/mol.